The SMILES string of the molecule is COC(=O)N[C@H](C(=O)N1CCC[C@H]1c1nc2ccc([C@H]3CC[C@H](c4ccc5nc([C@@H]6CCCN6C(=O)[C@@H](NC(=O)O)C(C)C)[nH]c5c4)N3c3ccc(OC4COCOC4)cc3)cc2[nH]1)C(C)C. The Morgan fingerprint density at radius 1 is 0.701 bits per heavy atom. The number of carboxylic acid groups (broad SMARTS) is 1. The summed E-state index contributed by atoms with van der Waals surface area (Å²) in [6, 6.07) is 18.8. The summed E-state index contributed by atoms with van der Waals surface area (Å²) in [6.07, 6.45) is 2.77. The maximum absolute atomic E-state index is 13.9. The smallest absolute Gasteiger partial charge is 0.407 e. The van der Waals surface area contributed by atoms with E-state index in [9.17, 15) is 24.3 Å². The van der Waals surface area contributed by atoms with Crippen LogP contribution in [0.4, 0.5) is 15.3 Å². The van der Waals surface area contributed by atoms with E-state index in [-0.39, 0.29) is 60.7 Å². The standard InChI is InChI=1S/C49H61N9O9/c1-27(2)42(54-48(61)62)46(59)56-20-6-8-40(56)44-50-34-16-10-29(22-36(34)52-44)38-18-19-39(58(38)31-12-14-32(15-13-31)67-33-24-65-26-66-25-33)30-11-17-35-37(23-30)53-45(51-35)41-9-7-21-57(41)47(60)43(28(3)4)55-49(63)64-5/h10-17,22-23,27-28,33,38-43,54H,6-9,18-21,24-26H2,1-5H3,(H,50,52)(H,51,53)(H,55,63)(H,61,62)/t38-,39-,40+,41+,42+,43+/m1/s1. The van der Waals surface area contributed by atoms with Crippen LogP contribution in [0.2, 0.25) is 0 Å². The lowest BCUT2D eigenvalue weighted by molar-refractivity contribution is -0.143. The van der Waals surface area contributed by atoms with Gasteiger partial charge in [-0.1, -0.05) is 39.8 Å². The number of anilines is 1. The van der Waals surface area contributed by atoms with Crippen LogP contribution in [0.3, 0.4) is 0 Å². The summed E-state index contributed by atoms with van der Waals surface area (Å²) in [7, 11) is 1.29. The largest absolute Gasteiger partial charge is 0.486 e. The highest BCUT2D eigenvalue weighted by Crippen LogP contribution is 2.48. The number of ether oxygens (including phenoxy) is 4. The van der Waals surface area contributed by atoms with Gasteiger partial charge in [0.2, 0.25) is 11.8 Å². The highest BCUT2D eigenvalue weighted by atomic mass is 16.7. The van der Waals surface area contributed by atoms with Gasteiger partial charge in [-0.25, -0.2) is 19.6 Å². The molecule has 0 spiro atoms. The van der Waals surface area contributed by atoms with Gasteiger partial charge in [0.05, 0.1) is 66.6 Å². The van der Waals surface area contributed by atoms with Crippen molar-refractivity contribution in [3.05, 3.63) is 83.4 Å². The number of nitrogens with zero attached hydrogens (tertiary/aromatic N) is 5. The molecule has 9 rings (SSSR count). The summed E-state index contributed by atoms with van der Waals surface area (Å²) in [5.74, 6) is 1.39. The lowest BCUT2D eigenvalue weighted by Gasteiger charge is -2.33. The molecular weight excluding hydrogens is 859 g/mol. The third-order valence-electron chi connectivity index (χ3n) is 13.7. The zero-order chi connectivity index (χ0) is 46.9. The zero-order valence-corrected chi connectivity index (χ0v) is 38.7. The quantitative estimate of drug-likeness (QED) is 0.0788. The third kappa shape index (κ3) is 9.46. The van der Waals surface area contributed by atoms with Crippen LogP contribution in [0.1, 0.15) is 113 Å². The van der Waals surface area contributed by atoms with Gasteiger partial charge in [0.25, 0.3) is 0 Å². The number of imidazole rings is 2. The van der Waals surface area contributed by atoms with Crippen LogP contribution < -0.4 is 20.3 Å². The number of likely N-dealkylation sites (tertiary alicyclic amines) is 2. The van der Waals surface area contributed by atoms with E-state index in [0.29, 0.717) is 32.1 Å². The number of aromatic nitrogens is 4. The molecule has 18 heteroatoms. The molecule has 0 saturated carbocycles. The van der Waals surface area contributed by atoms with Gasteiger partial charge in [-0.15, -0.1) is 0 Å². The van der Waals surface area contributed by atoms with Crippen LogP contribution in [0, 0.1) is 11.8 Å². The molecule has 4 amide bonds. The molecule has 4 aliphatic rings. The van der Waals surface area contributed by atoms with Crippen molar-refractivity contribution in [3.8, 4) is 5.75 Å². The van der Waals surface area contributed by atoms with Gasteiger partial charge in [-0.3, -0.25) is 9.59 Å². The van der Waals surface area contributed by atoms with Crippen molar-refractivity contribution >= 4 is 51.8 Å². The number of benzene rings is 3. The number of H-pyrrole nitrogens is 2. The van der Waals surface area contributed by atoms with Crippen LogP contribution in [-0.2, 0) is 23.8 Å². The van der Waals surface area contributed by atoms with Crippen LogP contribution in [-0.4, -0.2) is 117 Å². The Bertz CT molecular complexity index is 2590. The summed E-state index contributed by atoms with van der Waals surface area (Å²) in [5, 5.41) is 14.6. The summed E-state index contributed by atoms with van der Waals surface area (Å²) < 4.78 is 22.0. The molecule has 5 N–H and O–H groups in total. The van der Waals surface area contributed by atoms with E-state index in [2.05, 4.69) is 68.0 Å². The molecule has 5 aromatic rings. The first kappa shape index (κ1) is 45.7. The fourth-order valence-corrected chi connectivity index (χ4v) is 10.4. The first-order valence-electron chi connectivity index (χ1n) is 23.5. The van der Waals surface area contributed by atoms with E-state index < -0.39 is 24.3 Å². The molecule has 0 unspecified atom stereocenters. The van der Waals surface area contributed by atoms with Gasteiger partial charge < -0.3 is 59.4 Å². The van der Waals surface area contributed by atoms with Crippen LogP contribution in [0.5, 0.6) is 5.75 Å². The van der Waals surface area contributed by atoms with Gasteiger partial charge in [0.1, 0.15) is 42.4 Å². The van der Waals surface area contributed by atoms with E-state index in [4.69, 9.17) is 28.9 Å². The van der Waals surface area contributed by atoms with Crippen molar-refractivity contribution in [1.29, 1.82) is 0 Å². The number of hydrogen-bond donors (Lipinski definition) is 5. The number of rotatable bonds is 13. The molecule has 3 aromatic carbocycles. The van der Waals surface area contributed by atoms with E-state index >= 15 is 0 Å². The lowest BCUT2D eigenvalue weighted by Crippen LogP contribution is -2.51. The first-order valence-corrected chi connectivity index (χ1v) is 23.5. The molecule has 2 aromatic heterocycles. The Hall–Kier alpha value is -6.40. The summed E-state index contributed by atoms with van der Waals surface area (Å²) >= 11 is 0. The number of hydrogen-bond acceptors (Lipinski definition) is 11. The van der Waals surface area contributed by atoms with Crippen LogP contribution >= 0.6 is 0 Å². The molecule has 4 fully saturated rings. The highest BCUT2D eigenvalue weighted by Gasteiger charge is 2.40. The second-order valence-electron chi connectivity index (χ2n) is 18.8. The number of amides is 4. The maximum atomic E-state index is 13.9. The minimum atomic E-state index is -1.22. The highest BCUT2D eigenvalue weighted by molar-refractivity contribution is 5.87. The Morgan fingerprint density at radius 3 is 1.69 bits per heavy atom. The van der Waals surface area contributed by atoms with Crippen molar-refractivity contribution < 1.29 is 43.2 Å². The fourth-order valence-electron chi connectivity index (χ4n) is 10.4. The second kappa shape index (κ2) is 19.4. The molecule has 0 bridgehead atoms. The molecule has 67 heavy (non-hydrogen) atoms. The topological polar surface area (TPSA) is 217 Å². The van der Waals surface area contributed by atoms with Gasteiger partial charge in [0.15, 0.2) is 0 Å². The molecule has 18 nitrogen and oxygen atoms in total. The zero-order valence-electron chi connectivity index (χ0n) is 38.7. The van der Waals surface area contributed by atoms with Crippen molar-refractivity contribution in [2.45, 2.75) is 109 Å². The van der Waals surface area contributed by atoms with Crippen molar-refractivity contribution in [3.63, 3.8) is 0 Å². The Labute approximate surface area is 389 Å². The normalized spacial score (nSPS) is 22.2. The average Bonchev–Trinajstić information content (AvgIpc) is 4.18. The van der Waals surface area contributed by atoms with E-state index in [1.165, 1.54) is 7.11 Å². The van der Waals surface area contributed by atoms with E-state index in [1.807, 2.05) is 50.8 Å². The molecule has 356 valence electrons. The number of fused-ring (bicyclic) bond motifs is 2. The number of carbonyl (C=O) groups is 4. The van der Waals surface area contributed by atoms with Gasteiger partial charge in [-0.05, 0) is 110 Å². The Kier molecular flexibility index (Phi) is 13.3. The van der Waals surface area contributed by atoms with Gasteiger partial charge in [0, 0.05) is 18.8 Å². The minimum absolute atomic E-state index is 0.00628. The lowest BCUT2D eigenvalue weighted by atomic mass is 10.0. The number of alkyl carbamates (subject to hydrolysis) is 1. The minimum Gasteiger partial charge on any atom is -0.486 e. The Balaban J connectivity index is 1.01. The first-order chi connectivity index (χ1) is 32.4. The second-order valence-corrected chi connectivity index (χ2v) is 18.8. The summed E-state index contributed by atoms with van der Waals surface area (Å²) in [5.41, 5.74) is 6.62. The van der Waals surface area contributed by atoms with E-state index in [0.717, 1.165) is 89.0 Å². The number of carbonyl (C=O) groups excluding carboxylic acids is 3. The molecule has 0 aliphatic carbocycles. The number of methoxy groups -OCH3 is 1. The molecule has 6 heterocycles. The fraction of sp³-hybridized carbons (Fsp3) is 0.510. The van der Waals surface area contributed by atoms with E-state index in [1.54, 1.807) is 4.90 Å². The summed E-state index contributed by atoms with van der Waals surface area (Å²) in [4.78, 5) is 74.6. The predicted octanol–water partition coefficient (Wildman–Crippen LogP) is 7.27. The monoisotopic (exact) mass is 919 g/mol. The van der Waals surface area contributed by atoms with Crippen molar-refractivity contribution in [2.24, 2.45) is 11.8 Å². The van der Waals surface area contributed by atoms with Crippen molar-refractivity contribution in [1.82, 2.24) is 40.4 Å². The van der Waals surface area contributed by atoms with Crippen molar-refractivity contribution in [2.75, 3.05) is 45.1 Å². The molecule has 4 aliphatic heterocycles. The summed E-state index contributed by atoms with van der Waals surface area (Å²) in [6.45, 7) is 9.78. The average molecular weight is 920 g/mol. The third-order valence-corrected chi connectivity index (χ3v) is 13.7. The molecular formula is C49H61N9O9. The number of nitrogens with one attached hydrogen (secondary N) is 4. The maximum Gasteiger partial charge on any atom is 0.407 e. The van der Waals surface area contributed by atoms with Gasteiger partial charge >= 0.3 is 12.2 Å². The molecule has 4 saturated heterocycles. The predicted molar refractivity (Wildman–Crippen MR) is 248 cm³/mol. The van der Waals surface area contributed by atoms with Crippen LogP contribution in [0.25, 0.3) is 22.1 Å². The van der Waals surface area contributed by atoms with Crippen LogP contribution in [0.15, 0.2) is 60.7 Å². The number of aromatic amines is 2. The van der Waals surface area contributed by atoms with Gasteiger partial charge in [-0.2, -0.15) is 0 Å². The molecule has 0 radical (unpaired) electrons. The molecule has 6 atom stereocenters. The Morgan fingerprint density at radius 2 is 1.21 bits per heavy atom.